The van der Waals surface area contributed by atoms with E-state index in [0.717, 1.165) is 12.1 Å². The van der Waals surface area contributed by atoms with Gasteiger partial charge in [0.05, 0.1) is 17.9 Å². The fraction of sp³-hybridized carbons (Fsp3) is 0.583. The molecule has 0 aromatic carbocycles. The molecule has 1 aromatic heterocycles. The first-order chi connectivity index (χ1) is 7.54. The largest absolute Gasteiger partial charge is 0.462 e. The van der Waals surface area contributed by atoms with Gasteiger partial charge >= 0.3 is 5.97 Å². The van der Waals surface area contributed by atoms with Gasteiger partial charge in [-0.3, -0.25) is 0 Å². The molecule has 4 nitrogen and oxygen atoms in total. The van der Waals surface area contributed by atoms with Gasteiger partial charge in [0.15, 0.2) is 0 Å². The lowest BCUT2D eigenvalue weighted by molar-refractivity contribution is 0.0523. The Morgan fingerprint density at radius 1 is 1.50 bits per heavy atom. The first-order valence-electron chi connectivity index (χ1n) is 5.54. The molecule has 0 radical (unpaired) electrons. The third kappa shape index (κ3) is 3.29. The quantitative estimate of drug-likeness (QED) is 0.732. The van der Waals surface area contributed by atoms with Crippen LogP contribution in [-0.2, 0) is 11.2 Å². The number of carbonyl (C=O) groups excluding carboxylic acids is 1. The molecular weight excluding hydrogens is 204 g/mol. The summed E-state index contributed by atoms with van der Waals surface area (Å²) >= 11 is 0. The predicted octanol–water partition coefficient (Wildman–Crippen LogP) is 2.16. The van der Waals surface area contributed by atoms with Gasteiger partial charge < -0.3 is 4.74 Å². The highest BCUT2D eigenvalue weighted by atomic mass is 16.5. The van der Waals surface area contributed by atoms with Gasteiger partial charge in [0.25, 0.3) is 0 Å². The molecule has 0 aliphatic carbocycles. The van der Waals surface area contributed by atoms with Gasteiger partial charge in [0.2, 0.25) is 0 Å². The Morgan fingerprint density at radius 2 is 2.19 bits per heavy atom. The number of hydrogen-bond acceptors (Lipinski definition) is 4. The van der Waals surface area contributed by atoms with Crippen LogP contribution in [0.15, 0.2) is 6.20 Å². The molecule has 4 heteroatoms. The van der Waals surface area contributed by atoms with Crippen molar-refractivity contribution in [1.82, 2.24) is 9.97 Å². The highest BCUT2D eigenvalue weighted by Crippen LogP contribution is 2.12. The number of aryl methyl sites for hydroxylation is 1. The average molecular weight is 222 g/mol. The molecule has 0 saturated carbocycles. The van der Waals surface area contributed by atoms with Gasteiger partial charge in [0, 0.05) is 6.20 Å². The Bertz CT molecular complexity index is 375. The van der Waals surface area contributed by atoms with Gasteiger partial charge in [-0.15, -0.1) is 0 Å². The van der Waals surface area contributed by atoms with Gasteiger partial charge in [-0.25, -0.2) is 14.8 Å². The van der Waals surface area contributed by atoms with Crippen molar-refractivity contribution in [3.05, 3.63) is 23.3 Å². The number of rotatable bonds is 4. The van der Waals surface area contributed by atoms with Gasteiger partial charge in [-0.1, -0.05) is 13.8 Å². The van der Waals surface area contributed by atoms with Crippen LogP contribution in [0.1, 0.15) is 42.6 Å². The highest BCUT2D eigenvalue weighted by Gasteiger charge is 2.15. The second kappa shape index (κ2) is 5.58. The van der Waals surface area contributed by atoms with Crippen LogP contribution in [0.5, 0.6) is 0 Å². The second-order valence-corrected chi connectivity index (χ2v) is 4.10. The van der Waals surface area contributed by atoms with Crippen LogP contribution >= 0.6 is 0 Å². The zero-order chi connectivity index (χ0) is 12.1. The van der Waals surface area contributed by atoms with Crippen LogP contribution in [0.3, 0.4) is 0 Å². The minimum absolute atomic E-state index is 0.335. The molecule has 0 unspecified atom stereocenters. The first-order valence-corrected chi connectivity index (χ1v) is 5.54. The second-order valence-electron chi connectivity index (χ2n) is 4.10. The molecule has 1 aromatic rings. The fourth-order valence-electron chi connectivity index (χ4n) is 1.44. The standard InChI is InChI=1S/C12H18N2O2/c1-5-16-12(15)10-7-13-9(4)14-11(10)6-8(2)3/h7-8H,5-6H2,1-4H3. The maximum Gasteiger partial charge on any atom is 0.341 e. The summed E-state index contributed by atoms with van der Waals surface area (Å²) in [6.45, 7) is 8.15. The van der Waals surface area contributed by atoms with E-state index in [4.69, 9.17) is 4.74 Å². The average Bonchev–Trinajstić information content (AvgIpc) is 2.16. The van der Waals surface area contributed by atoms with Crippen molar-refractivity contribution in [3.63, 3.8) is 0 Å². The lowest BCUT2D eigenvalue weighted by atomic mass is 10.0. The van der Waals surface area contributed by atoms with E-state index >= 15 is 0 Å². The molecule has 0 aliphatic rings. The third-order valence-corrected chi connectivity index (χ3v) is 2.09. The van der Waals surface area contributed by atoms with Crippen LogP contribution in [0.25, 0.3) is 0 Å². The van der Waals surface area contributed by atoms with Crippen molar-refractivity contribution in [1.29, 1.82) is 0 Å². The Balaban J connectivity index is 3.02. The lowest BCUT2D eigenvalue weighted by Crippen LogP contribution is -2.13. The van der Waals surface area contributed by atoms with E-state index in [1.165, 1.54) is 0 Å². The van der Waals surface area contributed by atoms with Crippen molar-refractivity contribution >= 4 is 5.97 Å². The van der Waals surface area contributed by atoms with E-state index in [1.807, 2.05) is 6.92 Å². The topological polar surface area (TPSA) is 52.1 Å². The molecule has 1 heterocycles. The summed E-state index contributed by atoms with van der Waals surface area (Å²) in [6, 6.07) is 0. The van der Waals surface area contributed by atoms with Crippen molar-refractivity contribution in [3.8, 4) is 0 Å². The summed E-state index contributed by atoms with van der Waals surface area (Å²) < 4.78 is 4.97. The SMILES string of the molecule is CCOC(=O)c1cnc(C)nc1CC(C)C. The summed E-state index contributed by atoms with van der Waals surface area (Å²) in [7, 11) is 0. The molecular formula is C12H18N2O2. The summed E-state index contributed by atoms with van der Waals surface area (Å²) in [5.41, 5.74) is 1.27. The third-order valence-electron chi connectivity index (χ3n) is 2.09. The van der Waals surface area contributed by atoms with E-state index in [0.29, 0.717) is 23.9 Å². The maximum atomic E-state index is 11.7. The normalized spacial score (nSPS) is 10.6. The molecule has 0 saturated heterocycles. The highest BCUT2D eigenvalue weighted by molar-refractivity contribution is 5.90. The molecule has 0 atom stereocenters. The molecule has 0 amide bonds. The number of carbonyl (C=O) groups is 1. The Morgan fingerprint density at radius 3 is 2.75 bits per heavy atom. The predicted molar refractivity (Wildman–Crippen MR) is 61.3 cm³/mol. The van der Waals surface area contributed by atoms with Gasteiger partial charge in [0.1, 0.15) is 5.82 Å². The minimum Gasteiger partial charge on any atom is -0.462 e. The van der Waals surface area contributed by atoms with Gasteiger partial charge in [-0.05, 0) is 26.2 Å². The molecule has 0 aliphatic heterocycles. The van der Waals surface area contributed by atoms with Gasteiger partial charge in [-0.2, -0.15) is 0 Å². The van der Waals surface area contributed by atoms with Crippen molar-refractivity contribution in [2.45, 2.75) is 34.1 Å². The van der Waals surface area contributed by atoms with Crippen LogP contribution in [0, 0.1) is 12.8 Å². The Hall–Kier alpha value is -1.45. The minimum atomic E-state index is -0.335. The van der Waals surface area contributed by atoms with Crippen LogP contribution < -0.4 is 0 Å². The first kappa shape index (κ1) is 12.6. The smallest absolute Gasteiger partial charge is 0.341 e. The lowest BCUT2D eigenvalue weighted by Gasteiger charge is -2.09. The van der Waals surface area contributed by atoms with E-state index in [2.05, 4.69) is 23.8 Å². The van der Waals surface area contributed by atoms with E-state index in [9.17, 15) is 4.79 Å². The van der Waals surface area contributed by atoms with E-state index < -0.39 is 0 Å². The molecule has 88 valence electrons. The van der Waals surface area contributed by atoms with E-state index in [-0.39, 0.29) is 5.97 Å². The number of hydrogen-bond donors (Lipinski definition) is 0. The monoisotopic (exact) mass is 222 g/mol. The van der Waals surface area contributed by atoms with Crippen LogP contribution in [0.4, 0.5) is 0 Å². The number of ether oxygens (including phenoxy) is 1. The van der Waals surface area contributed by atoms with E-state index in [1.54, 1.807) is 13.1 Å². The number of nitrogens with zero attached hydrogens (tertiary/aromatic N) is 2. The van der Waals surface area contributed by atoms with Crippen LogP contribution in [-0.4, -0.2) is 22.5 Å². The molecule has 1 rings (SSSR count). The molecule has 0 N–H and O–H groups in total. The fourth-order valence-corrected chi connectivity index (χ4v) is 1.44. The zero-order valence-corrected chi connectivity index (χ0v) is 10.3. The van der Waals surface area contributed by atoms with Crippen molar-refractivity contribution in [2.24, 2.45) is 5.92 Å². The summed E-state index contributed by atoms with van der Waals surface area (Å²) in [5, 5.41) is 0. The van der Waals surface area contributed by atoms with Crippen molar-refractivity contribution < 1.29 is 9.53 Å². The molecule has 0 bridgehead atoms. The van der Waals surface area contributed by atoms with Crippen molar-refractivity contribution in [2.75, 3.05) is 6.61 Å². The van der Waals surface area contributed by atoms with Crippen LogP contribution in [0.2, 0.25) is 0 Å². The summed E-state index contributed by atoms with van der Waals surface area (Å²) in [5.74, 6) is 0.796. The Labute approximate surface area is 96.1 Å². The summed E-state index contributed by atoms with van der Waals surface area (Å²) in [6.07, 6.45) is 2.32. The summed E-state index contributed by atoms with van der Waals surface area (Å²) in [4.78, 5) is 20.0. The molecule has 0 spiro atoms. The molecule has 0 fully saturated rings. The Kier molecular flexibility index (Phi) is 4.40. The number of esters is 1. The molecule has 16 heavy (non-hydrogen) atoms. The number of aromatic nitrogens is 2. The maximum absolute atomic E-state index is 11.7. The zero-order valence-electron chi connectivity index (χ0n) is 10.3.